The summed E-state index contributed by atoms with van der Waals surface area (Å²) in [6.07, 6.45) is 7.90. The van der Waals surface area contributed by atoms with Crippen LogP contribution in [0.5, 0.6) is 0 Å². The summed E-state index contributed by atoms with van der Waals surface area (Å²) < 4.78 is 2.13. The molecule has 0 atom stereocenters. The molecule has 1 aliphatic heterocycles. The zero-order valence-corrected chi connectivity index (χ0v) is 16.7. The number of anilines is 1. The van der Waals surface area contributed by atoms with Gasteiger partial charge in [0, 0.05) is 25.7 Å². The molecule has 1 aliphatic carbocycles. The average Bonchev–Trinajstić information content (AvgIpc) is 3.15. The number of aryl methyl sites for hydroxylation is 2. The van der Waals surface area contributed by atoms with Gasteiger partial charge in [-0.25, -0.2) is 4.98 Å². The highest BCUT2D eigenvalue weighted by molar-refractivity contribution is 7.17. The number of nitrogen functional groups attached to an aromatic ring is 1. The molecule has 0 unspecified atom stereocenters. The number of carbonyl (C=O) groups excluding carboxylic acids is 1. The van der Waals surface area contributed by atoms with Crippen LogP contribution in [0.25, 0.3) is 0 Å². The maximum absolute atomic E-state index is 12.4. The fourth-order valence-corrected chi connectivity index (χ4v) is 5.02. The number of amides is 1. The number of rotatable bonds is 4. The summed E-state index contributed by atoms with van der Waals surface area (Å²) in [7, 11) is 0. The predicted molar refractivity (Wildman–Crippen MR) is 107 cm³/mol. The van der Waals surface area contributed by atoms with Crippen molar-refractivity contribution in [1.82, 2.24) is 25.0 Å². The van der Waals surface area contributed by atoms with Crippen molar-refractivity contribution in [3.05, 3.63) is 28.0 Å². The lowest BCUT2D eigenvalue weighted by atomic mass is 9.94. The summed E-state index contributed by atoms with van der Waals surface area (Å²) in [4.78, 5) is 19.7. The van der Waals surface area contributed by atoms with Gasteiger partial charge in [0.25, 0.3) is 5.91 Å². The van der Waals surface area contributed by atoms with Crippen molar-refractivity contribution in [3.8, 4) is 0 Å². The lowest BCUT2D eigenvalue weighted by Crippen LogP contribution is -2.36. The molecule has 2 aromatic heterocycles. The van der Waals surface area contributed by atoms with Gasteiger partial charge < -0.3 is 11.1 Å². The molecule has 4 rings (SSSR count). The van der Waals surface area contributed by atoms with E-state index in [0.29, 0.717) is 22.2 Å². The first-order chi connectivity index (χ1) is 13.1. The molecule has 2 aromatic rings. The number of carbonyl (C=O) groups is 1. The summed E-state index contributed by atoms with van der Waals surface area (Å²) >= 11 is 1.23. The van der Waals surface area contributed by atoms with Gasteiger partial charge in [-0.3, -0.25) is 14.4 Å². The van der Waals surface area contributed by atoms with Crippen LogP contribution in [-0.2, 0) is 19.6 Å². The molecule has 0 aromatic carbocycles. The Morgan fingerprint density at radius 1 is 1.30 bits per heavy atom. The number of fused-ring (bicyclic) bond motifs is 1. The Morgan fingerprint density at radius 3 is 2.85 bits per heavy atom. The average molecular weight is 389 g/mol. The van der Waals surface area contributed by atoms with Crippen LogP contribution in [0.4, 0.5) is 5.13 Å². The minimum absolute atomic E-state index is 0.131. The Labute approximate surface area is 163 Å². The molecule has 1 saturated carbocycles. The maximum atomic E-state index is 12.4. The number of hydrogen-bond acceptors (Lipinski definition) is 6. The fourth-order valence-electron chi connectivity index (χ4n) is 4.27. The van der Waals surface area contributed by atoms with Crippen LogP contribution in [0, 0.1) is 6.92 Å². The third-order valence-electron chi connectivity index (χ3n) is 5.63. The number of thiazole rings is 1. The highest BCUT2D eigenvalue weighted by Crippen LogP contribution is 2.26. The molecule has 27 heavy (non-hydrogen) atoms. The Kier molecular flexibility index (Phi) is 5.45. The predicted octanol–water partition coefficient (Wildman–Crippen LogP) is 2.70. The summed E-state index contributed by atoms with van der Waals surface area (Å²) in [6, 6.07) is 2.87. The highest BCUT2D eigenvalue weighted by atomic mass is 32.1. The number of hydrogen-bond donors (Lipinski definition) is 2. The van der Waals surface area contributed by atoms with Crippen molar-refractivity contribution in [1.29, 1.82) is 0 Å². The van der Waals surface area contributed by atoms with E-state index in [4.69, 9.17) is 10.8 Å². The molecular formula is C19H28N6OS. The normalized spacial score (nSPS) is 18.9. The third kappa shape index (κ3) is 4.16. The van der Waals surface area contributed by atoms with Crippen LogP contribution in [0.3, 0.4) is 0 Å². The van der Waals surface area contributed by atoms with Gasteiger partial charge in [0.15, 0.2) is 5.13 Å². The number of nitrogens with zero attached hydrogens (tertiary/aromatic N) is 4. The first kappa shape index (κ1) is 18.4. The van der Waals surface area contributed by atoms with E-state index in [1.54, 1.807) is 6.92 Å². The van der Waals surface area contributed by atoms with E-state index in [2.05, 4.69) is 25.9 Å². The van der Waals surface area contributed by atoms with Crippen LogP contribution in [0.15, 0.2) is 6.07 Å². The second-order valence-electron chi connectivity index (χ2n) is 7.62. The fraction of sp³-hybridized carbons (Fsp3) is 0.632. The molecular weight excluding hydrogens is 360 g/mol. The molecule has 3 heterocycles. The number of nitrogens with two attached hydrogens (primary N) is 1. The van der Waals surface area contributed by atoms with Crippen molar-refractivity contribution >= 4 is 22.4 Å². The van der Waals surface area contributed by atoms with Crippen molar-refractivity contribution in [2.75, 3.05) is 12.3 Å². The second kappa shape index (κ2) is 7.98. The van der Waals surface area contributed by atoms with Crippen LogP contribution >= 0.6 is 11.3 Å². The summed E-state index contributed by atoms with van der Waals surface area (Å²) in [5.41, 5.74) is 8.55. The molecule has 1 fully saturated rings. The molecule has 0 bridgehead atoms. The van der Waals surface area contributed by atoms with Crippen LogP contribution in [0.1, 0.15) is 65.3 Å². The van der Waals surface area contributed by atoms with Crippen LogP contribution < -0.4 is 11.1 Å². The van der Waals surface area contributed by atoms with Crippen molar-refractivity contribution in [3.63, 3.8) is 0 Å². The molecule has 0 radical (unpaired) electrons. The Bertz CT molecular complexity index is 807. The minimum atomic E-state index is -0.131. The maximum Gasteiger partial charge on any atom is 0.263 e. The molecule has 2 aliphatic rings. The topological polar surface area (TPSA) is 89.1 Å². The molecule has 3 N–H and O–H groups in total. The first-order valence-corrected chi connectivity index (χ1v) is 10.7. The zero-order chi connectivity index (χ0) is 18.8. The van der Waals surface area contributed by atoms with Crippen molar-refractivity contribution in [2.24, 2.45) is 0 Å². The van der Waals surface area contributed by atoms with E-state index >= 15 is 0 Å². The standard InChI is InChI=1S/C19H28N6OS/c1-13-17(27-19(20)22-13)18(26)21-11-14-10-16-12-24(8-5-9-25(16)23-14)15-6-3-2-4-7-15/h10,15H,2-9,11-12H2,1H3,(H2,20,22)(H,21,26). The van der Waals surface area contributed by atoms with E-state index < -0.39 is 0 Å². The van der Waals surface area contributed by atoms with Crippen molar-refractivity contribution in [2.45, 2.75) is 71.1 Å². The molecule has 0 spiro atoms. The Hall–Kier alpha value is -1.93. The van der Waals surface area contributed by atoms with E-state index in [0.717, 1.165) is 37.8 Å². The van der Waals surface area contributed by atoms with Gasteiger partial charge in [-0.15, -0.1) is 0 Å². The lowest BCUT2D eigenvalue weighted by Gasteiger charge is -2.33. The smallest absolute Gasteiger partial charge is 0.263 e. The highest BCUT2D eigenvalue weighted by Gasteiger charge is 2.24. The van der Waals surface area contributed by atoms with E-state index in [-0.39, 0.29) is 5.91 Å². The van der Waals surface area contributed by atoms with Crippen molar-refractivity contribution < 1.29 is 4.79 Å². The molecule has 8 heteroatoms. The monoisotopic (exact) mass is 388 g/mol. The largest absolute Gasteiger partial charge is 0.375 e. The Balaban J connectivity index is 1.40. The molecule has 0 saturated heterocycles. The summed E-state index contributed by atoms with van der Waals surface area (Å²) in [5.74, 6) is -0.131. The third-order valence-corrected chi connectivity index (χ3v) is 6.62. The van der Waals surface area contributed by atoms with Crippen LogP contribution in [0.2, 0.25) is 0 Å². The second-order valence-corrected chi connectivity index (χ2v) is 8.65. The van der Waals surface area contributed by atoms with E-state index in [1.807, 2.05) is 0 Å². The van der Waals surface area contributed by atoms with E-state index in [9.17, 15) is 4.79 Å². The van der Waals surface area contributed by atoms with Gasteiger partial charge in [-0.1, -0.05) is 30.6 Å². The molecule has 1 amide bonds. The molecule has 146 valence electrons. The molecule has 7 nitrogen and oxygen atoms in total. The van der Waals surface area contributed by atoms with Gasteiger partial charge in [0.2, 0.25) is 0 Å². The first-order valence-electron chi connectivity index (χ1n) is 9.91. The summed E-state index contributed by atoms with van der Waals surface area (Å²) in [6.45, 7) is 5.32. The van der Waals surface area contributed by atoms with Gasteiger partial charge in [0.05, 0.1) is 23.6 Å². The quantitative estimate of drug-likeness (QED) is 0.841. The van der Waals surface area contributed by atoms with Gasteiger partial charge in [0.1, 0.15) is 4.88 Å². The Morgan fingerprint density at radius 2 is 2.11 bits per heavy atom. The SMILES string of the molecule is Cc1nc(N)sc1C(=O)NCc1cc2n(n1)CCCN(C1CCCCC1)C2. The summed E-state index contributed by atoms with van der Waals surface area (Å²) in [5, 5.41) is 8.10. The van der Waals surface area contributed by atoms with Gasteiger partial charge in [-0.2, -0.15) is 5.10 Å². The van der Waals surface area contributed by atoms with E-state index in [1.165, 1.54) is 49.1 Å². The number of nitrogens with one attached hydrogen (secondary N) is 1. The van der Waals surface area contributed by atoms with Gasteiger partial charge >= 0.3 is 0 Å². The van der Waals surface area contributed by atoms with Crippen LogP contribution in [-0.4, -0.2) is 38.2 Å². The minimum Gasteiger partial charge on any atom is -0.375 e. The zero-order valence-electron chi connectivity index (χ0n) is 15.9. The number of aromatic nitrogens is 3. The lowest BCUT2D eigenvalue weighted by molar-refractivity contribution is 0.0953. The van der Waals surface area contributed by atoms with Gasteiger partial charge in [-0.05, 0) is 32.3 Å².